The van der Waals surface area contributed by atoms with Crippen molar-refractivity contribution in [1.82, 2.24) is 20.1 Å². The number of β-amino-alcohol motifs (C(OH)–C–C–N with tert-alkyl or cyclic N) is 1. The van der Waals surface area contributed by atoms with Gasteiger partial charge in [-0.15, -0.1) is 11.3 Å². The first-order valence-electron chi connectivity index (χ1n) is 13.4. The van der Waals surface area contributed by atoms with Gasteiger partial charge in [0.1, 0.15) is 0 Å². The second-order valence-electron chi connectivity index (χ2n) is 10.3. The van der Waals surface area contributed by atoms with Crippen LogP contribution in [0.1, 0.15) is 54.9 Å². The lowest BCUT2D eigenvalue weighted by Crippen LogP contribution is -2.50. The highest BCUT2D eigenvalue weighted by atomic mass is 32.1. The van der Waals surface area contributed by atoms with Crippen LogP contribution in [0.25, 0.3) is 21.5 Å². The van der Waals surface area contributed by atoms with Crippen molar-refractivity contribution in [2.45, 2.75) is 51.6 Å². The van der Waals surface area contributed by atoms with Gasteiger partial charge < -0.3 is 15.3 Å². The molecule has 0 spiro atoms. The summed E-state index contributed by atoms with van der Waals surface area (Å²) in [6, 6.07) is 12.0. The zero-order chi connectivity index (χ0) is 25.8. The molecule has 0 bridgehead atoms. The number of hydrogen-bond acceptors (Lipinski definition) is 6. The summed E-state index contributed by atoms with van der Waals surface area (Å²) in [5.41, 5.74) is 3.16. The molecule has 196 valence electrons. The van der Waals surface area contributed by atoms with Gasteiger partial charge in [-0.25, -0.2) is 4.98 Å². The number of nitrogens with zero attached hydrogens (tertiary/aromatic N) is 3. The molecule has 37 heavy (non-hydrogen) atoms. The molecule has 1 saturated carbocycles. The highest BCUT2D eigenvalue weighted by molar-refractivity contribution is 7.13. The Balaban J connectivity index is 1.53. The summed E-state index contributed by atoms with van der Waals surface area (Å²) in [6.07, 6.45) is 6.06. The lowest BCUT2D eigenvalue weighted by Gasteiger charge is -2.34. The molecule has 5 rings (SSSR count). The first-order valence-corrected chi connectivity index (χ1v) is 14.3. The Bertz CT molecular complexity index is 1240. The summed E-state index contributed by atoms with van der Waals surface area (Å²) in [4.78, 5) is 36.6. The zero-order valence-corrected chi connectivity index (χ0v) is 22.3. The van der Waals surface area contributed by atoms with Crippen molar-refractivity contribution in [3.05, 3.63) is 52.9 Å². The van der Waals surface area contributed by atoms with Gasteiger partial charge in [0, 0.05) is 43.2 Å². The first-order chi connectivity index (χ1) is 18.0. The molecular formula is C29H36N4O3S. The van der Waals surface area contributed by atoms with Crippen LogP contribution in [0.5, 0.6) is 0 Å². The third-order valence-corrected chi connectivity index (χ3v) is 8.72. The standard InChI is InChI=1S/C29H36N4O3S/c1-20(21-8-3-2-4-9-21)30-29(36)27-22-10-5-6-11-24(22)31-28(25-12-7-17-37-25)23(27)18-32-13-14-33(15-16-34)26(35)19-32/h5-7,10-12,17,20-21,34H,2-4,8-9,13-16,18-19H2,1H3,(H,30,36). The van der Waals surface area contributed by atoms with Gasteiger partial charge in [-0.2, -0.15) is 0 Å². The molecule has 1 aromatic carbocycles. The van der Waals surface area contributed by atoms with Crippen LogP contribution in [0.3, 0.4) is 0 Å². The Kier molecular flexibility index (Phi) is 8.17. The number of carbonyl (C=O) groups is 2. The van der Waals surface area contributed by atoms with Gasteiger partial charge in [0.2, 0.25) is 5.91 Å². The van der Waals surface area contributed by atoms with Gasteiger partial charge in [0.25, 0.3) is 5.91 Å². The van der Waals surface area contributed by atoms with Gasteiger partial charge in [-0.05, 0) is 43.2 Å². The third kappa shape index (κ3) is 5.71. The number of rotatable bonds is 8. The average molecular weight is 521 g/mol. The van der Waals surface area contributed by atoms with Crippen molar-refractivity contribution in [1.29, 1.82) is 0 Å². The molecule has 1 unspecified atom stereocenters. The molecule has 1 aliphatic carbocycles. The Morgan fingerprint density at radius 3 is 2.70 bits per heavy atom. The van der Waals surface area contributed by atoms with Crippen LogP contribution in [0, 0.1) is 5.92 Å². The van der Waals surface area contributed by atoms with Crippen molar-refractivity contribution < 1.29 is 14.7 Å². The molecular weight excluding hydrogens is 484 g/mol. The number of aliphatic hydroxyl groups excluding tert-OH is 1. The van der Waals surface area contributed by atoms with Crippen LogP contribution in [-0.2, 0) is 11.3 Å². The normalized spacial score (nSPS) is 18.3. The van der Waals surface area contributed by atoms with Crippen LogP contribution < -0.4 is 5.32 Å². The summed E-state index contributed by atoms with van der Waals surface area (Å²) in [7, 11) is 0. The van der Waals surface area contributed by atoms with E-state index in [1.807, 2.05) is 41.8 Å². The minimum atomic E-state index is -0.0604. The zero-order valence-electron chi connectivity index (χ0n) is 21.5. The summed E-state index contributed by atoms with van der Waals surface area (Å²) >= 11 is 1.61. The average Bonchev–Trinajstić information content (AvgIpc) is 3.45. The smallest absolute Gasteiger partial charge is 0.252 e. The van der Waals surface area contributed by atoms with Gasteiger partial charge in [0.15, 0.2) is 0 Å². The van der Waals surface area contributed by atoms with Crippen LogP contribution in [-0.4, -0.2) is 70.5 Å². The molecule has 2 N–H and O–H groups in total. The number of fused-ring (bicyclic) bond motifs is 1. The number of pyridine rings is 1. The fraction of sp³-hybridized carbons (Fsp3) is 0.483. The Hall–Kier alpha value is -2.81. The number of carbonyl (C=O) groups excluding carboxylic acids is 2. The minimum absolute atomic E-state index is 0.00337. The molecule has 0 radical (unpaired) electrons. The van der Waals surface area contributed by atoms with E-state index in [0.29, 0.717) is 37.7 Å². The van der Waals surface area contributed by atoms with Crippen LogP contribution in [0.4, 0.5) is 0 Å². The summed E-state index contributed by atoms with van der Waals surface area (Å²) < 4.78 is 0. The van der Waals surface area contributed by atoms with Gasteiger partial charge in [-0.1, -0.05) is 43.5 Å². The number of piperazine rings is 1. The number of nitrogens with one attached hydrogen (secondary N) is 1. The van der Waals surface area contributed by atoms with Crippen molar-refractivity contribution in [2.75, 3.05) is 32.8 Å². The third-order valence-electron chi connectivity index (χ3n) is 7.84. The van der Waals surface area contributed by atoms with Crippen LogP contribution in [0.2, 0.25) is 0 Å². The van der Waals surface area contributed by atoms with E-state index in [0.717, 1.165) is 39.9 Å². The molecule has 2 aliphatic rings. The predicted molar refractivity (Wildman–Crippen MR) is 148 cm³/mol. The van der Waals surface area contributed by atoms with E-state index in [-0.39, 0.29) is 31.0 Å². The quantitative estimate of drug-likeness (QED) is 0.463. The fourth-order valence-corrected chi connectivity index (χ4v) is 6.53. The van der Waals surface area contributed by atoms with Gasteiger partial charge in [-0.3, -0.25) is 14.5 Å². The molecule has 2 aromatic heterocycles. The van der Waals surface area contributed by atoms with Gasteiger partial charge >= 0.3 is 0 Å². The highest BCUT2D eigenvalue weighted by Crippen LogP contribution is 2.34. The molecule has 1 saturated heterocycles. The number of hydrogen-bond donors (Lipinski definition) is 2. The molecule has 7 nitrogen and oxygen atoms in total. The molecule has 8 heteroatoms. The number of thiophene rings is 1. The summed E-state index contributed by atoms with van der Waals surface area (Å²) in [6.45, 7) is 4.43. The maximum absolute atomic E-state index is 14.0. The Morgan fingerprint density at radius 2 is 1.97 bits per heavy atom. The second kappa shape index (κ2) is 11.7. The number of benzene rings is 1. The van der Waals surface area contributed by atoms with Crippen molar-refractivity contribution in [2.24, 2.45) is 5.92 Å². The topological polar surface area (TPSA) is 85.8 Å². The van der Waals surface area contributed by atoms with E-state index in [1.165, 1.54) is 19.3 Å². The van der Waals surface area contributed by atoms with E-state index in [2.05, 4.69) is 17.1 Å². The maximum Gasteiger partial charge on any atom is 0.252 e. The number of para-hydroxylation sites is 1. The molecule has 2 fully saturated rings. The molecule has 1 aliphatic heterocycles. The minimum Gasteiger partial charge on any atom is -0.395 e. The SMILES string of the molecule is CC(NC(=O)c1c(CN2CCN(CCO)C(=O)C2)c(-c2cccs2)nc2ccccc12)C1CCCCC1. The molecule has 3 aromatic rings. The summed E-state index contributed by atoms with van der Waals surface area (Å²) in [5, 5.41) is 15.5. The van der Waals surface area contributed by atoms with Crippen LogP contribution in [0.15, 0.2) is 41.8 Å². The Morgan fingerprint density at radius 1 is 1.16 bits per heavy atom. The van der Waals surface area contributed by atoms with Crippen molar-refractivity contribution >= 4 is 34.1 Å². The van der Waals surface area contributed by atoms with E-state index in [1.54, 1.807) is 16.2 Å². The van der Waals surface area contributed by atoms with E-state index >= 15 is 0 Å². The summed E-state index contributed by atoms with van der Waals surface area (Å²) in [5.74, 6) is 0.446. The number of aliphatic hydroxyl groups is 1. The lowest BCUT2D eigenvalue weighted by atomic mass is 9.84. The Labute approximate surface area is 222 Å². The first kappa shape index (κ1) is 25.8. The predicted octanol–water partition coefficient (Wildman–Crippen LogP) is 4.30. The maximum atomic E-state index is 14.0. The highest BCUT2D eigenvalue weighted by Gasteiger charge is 2.29. The molecule has 3 heterocycles. The van der Waals surface area contributed by atoms with Crippen molar-refractivity contribution in [3.8, 4) is 10.6 Å². The number of amides is 2. The van der Waals surface area contributed by atoms with Crippen LogP contribution >= 0.6 is 11.3 Å². The monoisotopic (exact) mass is 520 g/mol. The molecule has 2 amide bonds. The fourth-order valence-electron chi connectivity index (χ4n) is 5.79. The van der Waals surface area contributed by atoms with E-state index in [9.17, 15) is 14.7 Å². The molecule has 1 atom stereocenters. The van der Waals surface area contributed by atoms with E-state index in [4.69, 9.17) is 4.98 Å². The second-order valence-corrected chi connectivity index (χ2v) is 11.2. The number of aromatic nitrogens is 1. The largest absolute Gasteiger partial charge is 0.395 e. The van der Waals surface area contributed by atoms with Gasteiger partial charge in [0.05, 0.1) is 34.8 Å². The van der Waals surface area contributed by atoms with Crippen molar-refractivity contribution in [3.63, 3.8) is 0 Å². The lowest BCUT2D eigenvalue weighted by molar-refractivity contribution is -0.136. The van der Waals surface area contributed by atoms with E-state index < -0.39 is 0 Å².